The Labute approximate surface area is 186 Å². The summed E-state index contributed by atoms with van der Waals surface area (Å²) in [6, 6.07) is 13.5. The van der Waals surface area contributed by atoms with Crippen molar-refractivity contribution in [2.75, 3.05) is 5.32 Å². The van der Waals surface area contributed by atoms with Crippen LogP contribution in [0.1, 0.15) is 33.6 Å². The largest absolute Gasteiger partial charge is 0.329 e. The van der Waals surface area contributed by atoms with E-state index >= 15 is 0 Å². The van der Waals surface area contributed by atoms with Gasteiger partial charge >= 0.3 is 11.8 Å². The fourth-order valence-corrected chi connectivity index (χ4v) is 3.47. The van der Waals surface area contributed by atoms with Crippen molar-refractivity contribution in [3.8, 4) is 5.69 Å². The molecular formula is C24H25ClN4O2. The van der Waals surface area contributed by atoms with Gasteiger partial charge in [-0.05, 0) is 75.6 Å². The van der Waals surface area contributed by atoms with Gasteiger partial charge in [-0.2, -0.15) is 5.10 Å². The number of halogens is 1. The van der Waals surface area contributed by atoms with Crippen LogP contribution in [0.5, 0.6) is 0 Å². The van der Waals surface area contributed by atoms with Crippen LogP contribution in [0.4, 0.5) is 5.69 Å². The molecular weight excluding hydrogens is 412 g/mol. The van der Waals surface area contributed by atoms with Crippen molar-refractivity contribution in [2.24, 2.45) is 5.10 Å². The minimum absolute atomic E-state index is 0.601. The van der Waals surface area contributed by atoms with Gasteiger partial charge in [0, 0.05) is 33.3 Å². The number of anilines is 1. The van der Waals surface area contributed by atoms with E-state index in [2.05, 4.69) is 20.4 Å². The first-order chi connectivity index (χ1) is 14.7. The zero-order valence-corrected chi connectivity index (χ0v) is 19.0. The number of rotatable bonds is 4. The van der Waals surface area contributed by atoms with Gasteiger partial charge in [0.25, 0.3) is 0 Å². The number of benzene rings is 2. The number of hydrogen-bond acceptors (Lipinski definition) is 3. The predicted octanol–water partition coefficient (Wildman–Crippen LogP) is 4.76. The summed E-state index contributed by atoms with van der Waals surface area (Å²) >= 11 is 6.27. The minimum atomic E-state index is -0.837. The molecule has 0 aliphatic carbocycles. The maximum absolute atomic E-state index is 12.2. The van der Waals surface area contributed by atoms with E-state index in [0.29, 0.717) is 10.7 Å². The first kappa shape index (κ1) is 22.3. The molecule has 2 amide bonds. The smallest absolute Gasteiger partial charge is 0.318 e. The van der Waals surface area contributed by atoms with Gasteiger partial charge in [-0.1, -0.05) is 29.8 Å². The molecule has 2 aromatic carbocycles. The van der Waals surface area contributed by atoms with Gasteiger partial charge in [0.15, 0.2) is 0 Å². The molecule has 7 heteroatoms. The maximum atomic E-state index is 12.2. The summed E-state index contributed by atoms with van der Waals surface area (Å²) in [5.41, 5.74) is 9.47. The van der Waals surface area contributed by atoms with Gasteiger partial charge in [0.2, 0.25) is 0 Å². The number of hydrogen-bond donors (Lipinski definition) is 2. The molecule has 6 nitrogen and oxygen atoms in total. The first-order valence-electron chi connectivity index (χ1n) is 9.84. The number of amides is 2. The second kappa shape index (κ2) is 9.18. The highest BCUT2D eigenvalue weighted by Crippen LogP contribution is 2.24. The molecule has 0 unspecified atom stereocenters. The third-order valence-corrected chi connectivity index (χ3v) is 5.51. The summed E-state index contributed by atoms with van der Waals surface area (Å²) in [6.07, 6.45) is 1.53. The molecule has 3 rings (SSSR count). The van der Waals surface area contributed by atoms with Crippen molar-refractivity contribution in [1.82, 2.24) is 9.99 Å². The number of hydrazone groups is 1. The third-order valence-electron chi connectivity index (χ3n) is 5.10. The van der Waals surface area contributed by atoms with E-state index in [1.54, 1.807) is 0 Å². The lowest BCUT2D eigenvalue weighted by atomic mass is 10.1. The van der Waals surface area contributed by atoms with E-state index in [-0.39, 0.29) is 0 Å². The quantitative estimate of drug-likeness (QED) is 0.351. The van der Waals surface area contributed by atoms with Crippen molar-refractivity contribution >= 4 is 35.3 Å². The Bertz CT molecular complexity index is 1190. The second-order valence-corrected chi connectivity index (χ2v) is 7.97. The number of nitrogens with one attached hydrogen (secondary N) is 2. The highest BCUT2D eigenvalue weighted by Gasteiger charge is 2.15. The number of aryl methyl sites for hydroxylation is 4. The number of aromatic nitrogens is 1. The number of nitrogens with zero attached hydrogens (tertiary/aromatic N) is 2. The maximum Gasteiger partial charge on any atom is 0.329 e. The lowest BCUT2D eigenvalue weighted by molar-refractivity contribution is -0.136. The Balaban J connectivity index is 1.71. The summed E-state index contributed by atoms with van der Waals surface area (Å²) in [7, 11) is 0. The van der Waals surface area contributed by atoms with E-state index in [9.17, 15) is 9.59 Å². The predicted molar refractivity (Wildman–Crippen MR) is 125 cm³/mol. The number of carbonyl (C=O) groups excluding carboxylic acids is 2. The second-order valence-electron chi connectivity index (χ2n) is 7.57. The van der Waals surface area contributed by atoms with Crippen LogP contribution in [-0.4, -0.2) is 22.6 Å². The Morgan fingerprint density at radius 1 is 0.935 bits per heavy atom. The highest BCUT2D eigenvalue weighted by molar-refractivity contribution is 6.39. The van der Waals surface area contributed by atoms with Crippen LogP contribution in [0.3, 0.4) is 0 Å². The lowest BCUT2D eigenvalue weighted by Gasteiger charge is -2.11. The van der Waals surface area contributed by atoms with Gasteiger partial charge < -0.3 is 9.88 Å². The molecule has 160 valence electrons. The Hall–Kier alpha value is -3.38. The number of carbonyl (C=O) groups is 2. The fraction of sp³-hybridized carbons (Fsp3) is 0.208. The highest BCUT2D eigenvalue weighted by atomic mass is 35.5. The molecule has 1 aromatic heterocycles. The topological polar surface area (TPSA) is 75.5 Å². The summed E-state index contributed by atoms with van der Waals surface area (Å²) in [5.74, 6) is -1.61. The van der Waals surface area contributed by atoms with Crippen LogP contribution in [-0.2, 0) is 9.59 Å². The molecule has 31 heavy (non-hydrogen) atoms. The van der Waals surface area contributed by atoms with Gasteiger partial charge in [-0.25, -0.2) is 5.43 Å². The van der Waals surface area contributed by atoms with Gasteiger partial charge in [-0.3, -0.25) is 9.59 Å². The standard InChI is InChI=1S/C24H25ClN4O2/c1-14-6-7-16(3)22(10-14)27-23(30)24(31)28-26-13-19-11-17(4)29(18(19)5)20-9-8-15(2)21(25)12-20/h6-13H,1-5H3,(H,27,30)(H,28,31)/b26-13-. The summed E-state index contributed by atoms with van der Waals surface area (Å²) < 4.78 is 2.06. The van der Waals surface area contributed by atoms with Crippen LogP contribution in [0.25, 0.3) is 5.69 Å². The van der Waals surface area contributed by atoms with Crippen molar-refractivity contribution in [3.63, 3.8) is 0 Å². The molecule has 2 N–H and O–H groups in total. The van der Waals surface area contributed by atoms with Crippen molar-refractivity contribution in [3.05, 3.63) is 81.1 Å². The molecule has 0 atom stereocenters. The summed E-state index contributed by atoms with van der Waals surface area (Å²) in [5, 5.41) is 7.27. The molecule has 0 aliphatic rings. The van der Waals surface area contributed by atoms with Crippen LogP contribution >= 0.6 is 11.6 Å². The summed E-state index contributed by atoms with van der Waals surface area (Å²) in [4.78, 5) is 24.3. The van der Waals surface area contributed by atoms with E-state index in [0.717, 1.165) is 39.3 Å². The van der Waals surface area contributed by atoms with Crippen LogP contribution in [0, 0.1) is 34.6 Å². The van der Waals surface area contributed by atoms with Crippen LogP contribution in [0.2, 0.25) is 5.02 Å². The van der Waals surface area contributed by atoms with Crippen molar-refractivity contribution in [2.45, 2.75) is 34.6 Å². The monoisotopic (exact) mass is 436 g/mol. The van der Waals surface area contributed by atoms with Gasteiger partial charge in [-0.15, -0.1) is 0 Å². The molecule has 0 saturated heterocycles. The van der Waals surface area contributed by atoms with E-state index in [4.69, 9.17) is 11.6 Å². The van der Waals surface area contributed by atoms with Gasteiger partial charge in [0.05, 0.1) is 6.21 Å². The van der Waals surface area contributed by atoms with Crippen LogP contribution in [0.15, 0.2) is 47.6 Å². The normalized spacial score (nSPS) is 11.0. The van der Waals surface area contributed by atoms with Crippen LogP contribution < -0.4 is 10.7 Å². The van der Waals surface area contributed by atoms with E-state index < -0.39 is 11.8 Å². The Morgan fingerprint density at radius 2 is 1.65 bits per heavy atom. The van der Waals surface area contributed by atoms with E-state index in [1.807, 2.05) is 77.1 Å². The SMILES string of the molecule is Cc1ccc(C)c(NC(=O)C(=O)N/N=C\c2cc(C)n(-c3ccc(C)c(Cl)c3)c2C)c1. The molecule has 3 aromatic rings. The first-order valence-corrected chi connectivity index (χ1v) is 10.2. The molecule has 0 aliphatic heterocycles. The Morgan fingerprint density at radius 3 is 2.35 bits per heavy atom. The molecule has 0 bridgehead atoms. The lowest BCUT2D eigenvalue weighted by Crippen LogP contribution is -2.32. The third kappa shape index (κ3) is 5.03. The van der Waals surface area contributed by atoms with Gasteiger partial charge in [0.1, 0.15) is 0 Å². The van der Waals surface area contributed by atoms with E-state index in [1.165, 1.54) is 6.21 Å². The summed E-state index contributed by atoms with van der Waals surface area (Å²) in [6.45, 7) is 9.67. The molecule has 0 spiro atoms. The van der Waals surface area contributed by atoms with Crippen molar-refractivity contribution in [1.29, 1.82) is 0 Å². The molecule has 0 radical (unpaired) electrons. The average molecular weight is 437 g/mol. The average Bonchev–Trinajstić information content (AvgIpc) is 3.00. The molecule has 0 saturated carbocycles. The molecule has 1 heterocycles. The molecule has 0 fully saturated rings. The zero-order valence-electron chi connectivity index (χ0n) is 18.2. The minimum Gasteiger partial charge on any atom is -0.318 e. The fourth-order valence-electron chi connectivity index (χ4n) is 3.30. The Kier molecular flexibility index (Phi) is 6.61. The van der Waals surface area contributed by atoms with Crippen molar-refractivity contribution < 1.29 is 9.59 Å². The zero-order chi connectivity index (χ0) is 22.7.